The Morgan fingerprint density at radius 2 is 2.20 bits per heavy atom. The molecule has 1 amide bonds. The van der Waals surface area contributed by atoms with Crippen molar-refractivity contribution in [1.82, 2.24) is 0 Å². The maximum absolute atomic E-state index is 14.0. The smallest absolute Gasteiger partial charge is 0.250 e. The summed E-state index contributed by atoms with van der Waals surface area (Å²) in [6.07, 6.45) is 0. The number of rotatable bonds is 7. The third-order valence-electron chi connectivity index (χ3n) is 2.88. The molecule has 0 unspecified atom stereocenters. The number of amides is 1. The number of carbonyl (C=O) groups is 1. The van der Waals surface area contributed by atoms with Crippen LogP contribution in [0.25, 0.3) is 0 Å². The van der Waals surface area contributed by atoms with E-state index < -0.39 is 0 Å². The lowest BCUT2D eigenvalue weighted by molar-refractivity contribution is -0.120. The molecule has 0 aliphatic heterocycles. The van der Waals surface area contributed by atoms with Crippen LogP contribution in [0.2, 0.25) is 0 Å². The van der Waals surface area contributed by atoms with E-state index in [1.807, 2.05) is 25.8 Å². The lowest BCUT2D eigenvalue weighted by Gasteiger charge is -2.24. The number of nitrogens with one attached hydrogen (secondary N) is 1. The zero-order valence-electron chi connectivity index (χ0n) is 12.1. The van der Waals surface area contributed by atoms with Gasteiger partial charge in [-0.3, -0.25) is 4.79 Å². The van der Waals surface area contributed by atoms with E-state index in [1.165, 1.54) is 6.07 Å². The Hall–Kier alpha value is -1.66. The van der Waals surface area contributed by atoms with Crippen LogP contribution >= 0.6 is 0 Å². The Morgan fingerprint density at radius 3 is 2.75 bits per heavy atom. The highest BCUT2D eigenvalue weighted by Gasteiger charge is 2.12. The number of nitrogens with zero attached hydrogens (tertiary/aromatic N) is 1. The fraction of sp³-hybridized carbons (Fsp3) is 0.500. The fourth-order valence-electron chi connectivity index (χ4n) is 1.59. The average molecular weight is 283 g/mol. The van der Waals surface area contributed by atoms with Crippen LogP contribution in [-0.4, -0.2) is 38.8 Å². The summed E-state index contributed by atoms with van der Waals surface area (Å²) in [7, 11) is 1.82. The molecule has 20 heavy (non-hydrogen) atoms. The molecule has 112 valence electrons. The molecular formula is C14H22FN3O2. The van der Waals surface area contributed by atoms with E-state index in [-0.39, 0.29) is 24.4 Å². The predicted molar refractivity (Wildman–Crippen MR) is 78.4 cm³/mol. The molecule has 0 atom stereocenters. The molecule has 0 saturated heterocycles. The summed E-state index contributed by atoms with van der Waals surface area (Å²) in [4.78, 5) is 13.3. The van der Waals surface area contributed by atoms with Crippen molar-refractivity contribution in [2.24, 2.45) is 5.73 Å². The van der Waals surface area contributed by atoms with E-state index in [1.54, 1.807) is 12.1 Å². The van der Waals surface area contributed by atoms with Gasteiger partial charge in [-0.1, -0.05) is 0 Å². The first-order valence-corrected chi connectivity index (χ1v) is 6.55. The first-order chi connectivity index (χ1) is 9.45. The summed E-state index contributed by atoms with van der Waals surface area (Å²) in [5.41, 5.74) is 6.15. The molecule has 0 spiro atoms. The molecule has 0 saturated carbocycles. The molecule has 0 aliphatic rings. The van der Waals surface area contributed by atoms with E-state index in [0.29, 0.717) is 24.5 Å². The van der Waals surface area contributed by atoms with Crippen molar-refractivity contribution in [1.29, 1.82) is 0 Å². The summed E-state index contributed by atoms with van der Waals surface area (Å²) in [5.74, 6) is -0.704. The second kappa shape index (κ2) is 7.81. The molecule has 3 N–H and O–H groups in total. The molecule has 0 heterocycles. The van der Waals surface area contributed by atoms with Gasteiger partial charge in [0.2, 0.25) is 5.91 Å². The van der Waals surface area contributed by atoms with Gasteiger partial charge in [-0.15, -0.1) is 0 Å². The van der Waals surface area contributed by atoms with Gasteiger partial charge in [0.05, 0.1) is 12.3 Å². The van der Waals surface area contributed by atoms with E-state index in [0.717, 1.165) is 0 Å². The molecular weight excluding hydrogens is 261 g/mol. The van der Waals surface area contributed by atoms with Gasteiger partial charge in [-0.05, 0) is 32.0 Å². The number of benzene rings is 1. The molecule has 0 fully saturated rings. The molecule has 1 rings (SSSR count). The van der Waals surface area contributed by atoms with Crippen LogP contribution in [-0.2, 0) is 9.53 Å². The van der Waals surface area contributed by atoms with Gasteiger partial charge in [-0.25, -0.2) is 4.39 Å². The quantitative estimate of drug-likeness (QED) is 0.746. The van der Waals surface area contributed by atoms with Crippen LogP contribution in [0.3, 0.4) is 0 Å². The Bertz CT molecular complexity index is 452. The molecule has 0 aromatic heterocycles. The van der Waals surface area contributed by atoms with E-state index in [4.69, 9.17) is 10.5 Å². The van der Waals surface area contributed by atoms with Crippen LogP contribution in [0.15, 0.2) is 18.2 Å². The largest absolute Gasteiger partial charge is 0.370 e. The lowest BCUT2D eigenvalue weighted by Crippen LogP contribution is -2.26. The summed E-state index contributed by atoms with van der Waals surface area (Å²) < 4.78 is 19.0. The highest BCUT2D eigenvalue weighted by atomic mass is 19.1. The van der Waals surface area contributed by atoms with Gasteiger partial charge in [0, 0.05) is 25.3 Å². The van der Waals surface area contributed by atoms with Crippen LogP contribution in [0.5, 0.6) is 0 Å². The lowest BCUT2D eigenvalue weighted by atomic mass is 10.2. The topological polar surface area (TPSA) is 67.6 Å². The predicted octanol–water partition coefficient (Wildman–Crippen LogP) is 1.58. The van der Waals surface area contributed by atoms with E-state index in [9.17, 15) is 9.18 Å². The van der Waals surface area contributed by atoms with Crippen LogP contribution in [0.1, 0.15) is 13.8 Å². The van der Waals surface area contributed by atoms with Gasteiger partial charge in [0.1, 0.15) is 12.4 Å². The third-order valence-corrected chi connectivity index (χ3v) is 2.88. The highest BCUT2D eigenvalue weighted by molar-refractivity contribution is 5.91. The number of hydrogen-bond acceptors (Lipinski definition) is 4. The van der Waals surface area contributed by atoms with Gasteiger partial charge < -0.3 is 20.7 Å². The molecule has 0 radical (unpaired) electrons. The van der Waals surface area contributed by atoms with Gasteiger partial charge in [0.25, 0.3) is 0 Å². The maximum atomic E-state index is 14.0. The molecule has 1 aromatic rings. The molecule has 0 aliphatic carbocycles. The first-order valence-electron chi connectivity index (χ1n) is 6.55. The van der Waals surface area contributed by atoms with Crippen LogP contribution in [0, 0.1) is 5.82 Å². The Labute approximate surface area is 118 Å². The highest BCUT2D eigenvalue weighted by Crippen LogP contribution is 2.23. The Morgan fingerprint density at radius 1 is 1.50 bits per heavy atom. The molecule has 6 heteroatoms. The second-order valence-electron chi connectivity index (χ2n) is 4.76. The number of hydrogen-bond donors (Lipinski definition) is 2. The maximum Gasteiger partial charge on any atom is 0.250 e. The Balaban J connectivity index is 2.65. The summed E-state index contributed by atoms with van der Waals surface area (Å²) in [5, 5.41) is 2.57. The van der Waals surface area contributed by atoms with Gasteiger partial charge in [0.15, 0.2) is 0 Å². The number of halogens is 1. The van der Waals surface area contributed by atoms with E-state index in [2.05, 4.69) is 5.32 Å². The minimum absolute atomic E-state index is 0.0908. The average Bonchev–Trinajstić information content (AvgIpc) is 2.38. The van der Waals surface area contributed by atoms with E-state index >= 15 is 0 Å². The monoisotopic (exact) mass is 283 g/mol. The summed E-state index contributed by atoms with van der Waals surface area (Å²) in [6, 6.07) is 4.80. The first kappa shape index (κ1) is 16.4. The van der Waals surface area contributed by atoms with Crippen LogP contribution in [0.4, 0.5) is 15.8 Å². The number of carbonyl (C=O) groups excluding carboxylic acids is 1. The minimum atomic E-state index is -0.373. The van der Waals surface area contributed by atoms with Crippen molar-refractivity contribution in [3.05, 3.63) is 24.0 Å². The zero-order valence-corrected chi connectivity index (χ0v) is 12.1. The van der Waals surface area contributed by atoms with Crippen molar-refractivity contribution >= 4 is 17.3 Å². The number of anilines is 2. The van der Waals surface area contributed by atoms with Crippen molar-refractivity contribution in [2.45, 2.75) is 19.9 Å². The Kier molecular flexibility index (Phi) is 6.41. The van der Waals surface area contributed by atoms with Crippen LogP contribution < -0.4 is 16.0 Å². The zero-order chi connectivity index (χ0) is 15.1. The number of ether oxygens (including phenoxy) is 1. The third kappa shape index (κ3) is 4.79. The molecule has 5 nitrogen and oxygen atoms in total. The summed E-state index contributed by atoms with van der Waals surface area (Å²) >= 11 is 0. The van der Waals surface area contributed by atoms with Crippen molar-refractivity contribution in [3.63, 3.8) is 0 Å². The van der Waals surface area contributed by atoms with Gasteiger partial charge >= 0.3 is 0 Å². The SMILES string of the molecule is CC(C)N(C)c1ccc(NC(=O)COCCN)cc1F. The molecule has 1 aromatic carbocycles. The minimum Gasteiger partial charge on any atom is -0.370 e. The standard InChI is InChI=1S/C14H22FN3O2/c1-10(2)18(3)13-5-4-11(8-12(13)15)17-14(19)9-20-7-6-16/h4-5,8,10H,6-7,9,16H2,1-3H3,(H,17,19). The fourth-order valence-corrected chi connectivity index (χ4v) is 1.59. The van der Waals surface area contributed by atoms with Crippen molar-refractivity contribution in [3.8, 4) is 0 Å². The summed E-state index contributed by atoms with van der Waals surface area (Å²) in [6.45, 7) is 4.54. The normalized spacial score (nSPS) is 10.7. The molecule has 0 bridgehead atoms. The number of nitrogens with two attached hydrogens (primary N) is 1. The van der Waals surface area contributed by atoms with Crippen molar-refractivity contribution in [2.75, 3.05) is 37.0 Å². The van der Waals surface area contributed by atoms with Gasteiger partial charge in [-0.2, -0.15) is 0 Å². The second-order valence-corrected chi connectivity index (χ2v) is 4.76. The van der Waals surface area contributed by atoms with Crippen molar-refractivity contribution < 1.29 is 13.9 Å².